The Morgan fingerprint density at radius 1 is 1.32 bits per heavy atom. The zero-order chi connectivity index (χ0) is 13.7. The van der Waals surface area contributed by atoms with Gasteiger partial charge in [-0.2, -0.15) is 0 Å². The third-order valence-corrected chi connectivity index (χ3v) is 2.94. The van der Waals surface area contributed by atoms with Gasteiger partial charge < -0.3 is 9.73 Å². The van der Waals surface area contributed by atoms with Crippen molar-refractivity contribution >= 4 is 5.91 Å². The standard InChI is InChI=1S/C16H19NO2/c1-12-5-3-6-14(9-12)11-16(18)17-13(2)10-15-7-4-8-19-15/h3-9,13H,10-11H2,1-2H3,(H,17,18)/t13-/m0/s1. The second kappa shape index (κ2) is 6.23. The molecule has 3 heteroatoms. The molecule has 0 bridgehead atoms. The summed E-state index contributed by atoms with van der Waals surface area (Å²) in [7, 11) is 0. The molecule has 0 saturated heterocycles. The summed E-state index contributed by atoms with van der Waals surface area (Å²) in [6.45, 7) is 4.01. The highest BCUT2D eigenvalue weighted by Gasteiger charge is 2.10. The minimum absolute atomic E-state index is 0.0460. The van der Waals surface area contributed by atoms with Gasteiger partial charge in [0.25, 0.3) is 0 Å². The predicted octanol–water partition coefficient (Wildman–Crippen LogP) is 2.88. The number of carbonyl (C=O) groups is 1. The number of hydrogen-bond acceptors (Lipinski definition) is 2. The molecule has 1 aromatic heterocycles. The number of hydrogen-bond donors (Lipinski definition) is 1. The minimum atomic E-state index is 0.0460. The Labute approximate surface area is 113 Å². The number of carbonyl (C=O) groups excluding carboxylic acids is 1. The number of aryl methyl sites for hydroxylation is 1. The van der Waals surface area contributed by atoms with E-state index in [9.17, 15) is 4.79 Å². The van der Waals surface area contributed by atoms with Crippen molar-refractivity contribution in [1.82, 2.24) is 5.32 Å². The molecule has 1 atom stereocenters. The zero-order valence-corrected chi connectivity index (χ0v) is 11.3. The van der Waals surface area contributed by atoms with E-state index in [4.69, 9.17) is 4.42 Å². The van der Waals surface area contributed by atoms with Crippen molar-refractivity contribution in [2.45, 2.75) is 32.7 Å². The van der Waals surface area contributed by atoms with E-state index in [-0.39, 0.29) is 11.9 Å². The number of nitrogens with one attached hydrogen (secondary N) is 1. The first-order valence-corrected chi connectivity index (χ1v) is 6.51. The maximum Gasteiger partial charge on any atom is 0.224 e. The number of benzene rings is 1. The summed E-state index contributed by atoms with van der Waals surface area (Å²) >= 11 is 0. The van der Waals surface area contributed by atoms with Crippen LogP contribution >= 0.6 is 0 Å². The highest BCUT2D eigenvalue weighted by Crippen LogP contribution is 2.06. The molecule has 0 unspecified atom stereocenters. The highest BCUT2D eigenvalue weighted by molar-refractivity contribution is 5.78. The van der Waals surface area contributed by atoms with Crippen LogP contribution in [0, 0.1) is 6.92 Å². The molecule has 0 aliphatic rings. The van der Waals surface area contributed by atoms with Crippen molar-refractivity contribution in [3.8, 4) is 0 Å². The van der Waals surface area contributed by atoms with Gasteiger partial charge in [-0.15, -0.1) is 0 Å². The fourth-order valence-corrected chi connectivity index (χ4v) is 2.11. The van der Waals surface area contributed by atoms with Gasteiger partial charge in [0, 0.05) is 12.5 Å². The van der Waals surface area contributed by atoms with Crippen LogP contribution in [0.2, 0.25) is 0 Å². The Morgan fingerprint density at radius 3 is 2.84 bits per heavy atom. The second-order valence-electron chi connectivity index (χ2n) is 4.92. The quantitative estimate of drug-likeness (QED) is 0.895. The van der Waals surface area contributed by atoms with Gasteiger partial charge in [0.1, 0.15) is 5.76 Å². The second-order valence-corrected chi connectivity index (χ2v) is 4.92. The van der Waals surface area contributed by atoms with Crippen LogP contribution in [0.4, 0.5) is 0 Å². The summed E-state index contributed by atoms with van der Waals surface area (Å²) in [5.74, 6) is 0.938. The van der Waals surface area contributed by atoms with Crippen molar-refractivity contribution in [3.05, 3.63) is 59.5 Å². The van der Waals surface area contributed by atoms with Crippen LogP contribution in [0.25, 0.3) is 0 Å². The van der Waals surface area contributed by atoms with E-state index in [2.05, 4.69) is 5.32 Å². The van der Waals surface area contributed by atoms with Gasteiger partial charge in [0.15, 0.2) is 0 Å². The van der Waals surface area contributed by atoms with Crippen molar-refractivity contribution in [1.29, 1.82) is 0 Å². The van der Waals surface area contributed by atoms with Crippen LogP contribution in [0.15, 0.2) is 47.1 Å². The van der Waals surface area contributed by atoms with Crippen LogP contribution in [-0.4, -0.2) is 11.9 Å². The molecule has 0 radical (unpaired) electrons. The van der Waals surface area contributed by atoms with Crippen LogP contribution in [0.3, 0.4) is 0 Å². The molecule has 19 heavy (non-hydrogen) atoms. The Balaban J connectivity index is 1.84. The van der Waals surface area contributed by atoms with E-state index < -0.39 is 0 Å². The van der Waals surface area contributed by atoms with Gasteiger partial charge in [0.05, 0.1) is 12.7 Å². The molecule has 2 rings (SSSR count). The fourth-order valence-electron chi connectivity index (χ4n) is 2.11. The van der Waals surface area contributed by atoms with E-state index in [1.165, 1.54) is 5.56 Å². The number of amides is 1. The SMILES string of the molecule is Cc1cccc(CC(=O)N[C@@H](C)Cc2ccco2)c1. The lowest BCUT2D eigenvalue weighted by Crippen LogP contribution is -2.35. The molecular weight excluding hydrogens is 238 g/mol. The van der Waals surface area contributed by atoms with Crippen molar-refractivity contribution < 1.29 is 9.21 Å². The van der Waals surface area contributed by atoms with Gasteiger partial charge >= 0.3 is 0 Å². The third-order valence-electron chi connectivity index (χ3n) is 2.94. The summed E-state index contributed by atoms with van der Waals surface area (Å²) in [6, 6.07) is 11.9. The molecule has 0 aliphatic carbocycles. The molecular formula is C16H19NO2. The van der Waals surface area contributed by atoms with Crippen molar-refractivity contribution in [2.75, 3.05) is 0 Å². The molecule has 1 heterocycles. The Bertz CT molecular complexity index is 531. The minimum Gasteiger partial charge on any atom is -0.469 e. The average Bonchev–Trinajstić information content (AvgIpc) is 2.81. The summed E-state index contributed by atoms with van der Waals surface area (Å²) in [6.07, 6.45) is 2.79. The smallest absolute Gasteiger partial charge is 0.224 e. The van der Waals surface area contributed by atoms with Gasteiger partial charge in [-0.1, -0.05) is 29.8 Å². The first-order chi connectivity index (χ1) is 9.13. The monoisotopic (exact) mass is 257 g/mol. The molecule has 1 aromatic carbocycles. The van der Waals surface area contributed by atoms with Crippen LogP contribution in [0.5, 0.6) is 0 Å². The van der Waals surface area contributed by atoms with E-state index in [0.29, 0.717) is 12.8 Å². The predicted molar refractivity (Wildman–Crippen MR) is 74.9 cm³/mol. The first kappa shape index (κ1) is 13.4. The molecule has 100 valence electrons. The molecule has 1 amide bonds. The Kier molecular flexibility index (Phi) is 4.39. The Hall–Kier alpha value is -2.03. The normalized spacial score (nSPS) is 12.1. The van der Waals surface area contributed by atoms with E-state index >= 15 is 0 Å². The van der Waals surface area contributed by atoms with Gasteiger partial charge in [-0.05, 0) is 31.5 Å². The average molecular weight is 257 g/mol. The molecule has 0 aliphatic heterocycles. The Morgan fingerprint density at radius 2 is 2.16 bits per heavy atom. The van der Waals surface area contributed by atoms with Crippen LogP contribution in [-0.2, 0) is 17.6 Å². The molecule has 3 nitrogen and oxygen atoms in total. The molecule has 0 saturated carbocycles. The largest absolute Gasteiger partial charge is 0.469 e. The lowest BCUT2D eigenvalue weighted by molar-refractivity contribution is -0.121. The topological polar surface area (TPSA) is 42.2 Å². The van der Waals surface area contributed by atoms with Gasteiger partial charge in [-0.25, -0.2) is 0 Å². The third kappa shape index (κ3) is 4.28. The first-order valence-electron chi connectivity index (χ1n) is 6.51. The van der Waals surface area contributed by atoms with E-state index in [1.807, 2.05) is 50.2 Å². The van der Waals surface area contributed by atoms with Crippen LogP contribution in [0.1, 0.15) is 23.8 Å². The van der Waals surface area contributed by atoms with E-state index in [0.717, 1.165) is 11.3 Å². The molecule has 0 spiro atoms. The lowest BCUT2D eigenvalue weighted by Gasteiger charge is -2.12. The summed E-state index contributed by atoms with van der Waals surface area (Å²) in [4.78, 5) is 11.9. The summed E-state index contributed by atoms with van der Waals surface area (Å²) < 4.78 is 5.27. The van der Waals surface area contributed by atoms with Crippen molar-refractivity contribution in [2.24, 2.45) is 0 Å². The fraction of sp³-hybridized carbons (Fsp3) is 0.312. The molecule has 1 N–H and O–H groups in total. The highest BCUT2D eigenvalue weighted by atomic mass is 16.3. The zero-order valence-electron chi connectivity index (χ0n) is 11.3. The number of rotatable bonds is 5. The molecule has 2 aromatic rings. The lowest BCUT2D eigenvalue weighted by atomic mass is 10.1. The van der Waals surface area contributed by atoms with E-state index in [1.54, 1.807) is 6.26 Å². The molecule has 0 fully saturated rings. The van der Waals surface area contributed by atoms with Crippen LogP contribution < -0.4 is 5.32 Å². The summed E-state index contributed by atoms with van der Waals surface area (Å²) in [5, 5.41) is 2.99. The van der Waals surface area contributed by atoms with Gasteiger partial charge in [0.2, 0.25) is 5.91 Å². The van der Waals surface area contributed by atoms with Crippen molar-refractivity contribution in [3.63, 3.8) is 0 Å². The number of furan rings is 1. The maximum absolute atomic E-state index is 11.9. The van der Waals surface area contributed by atoms with Gasteiger partial charge in [-0.3, -0.25) is 4.79 Å². The summed E-state index contributed by atoms with van der Waals surface area (Å²) in [5.41, 5.74) is 2.22. The maximum atomic E-state index is 11.9.